The summed E-state index contributed by atoms with van der Waals surface area (Å²) in [4.78, 5) is 12.0. The van der Waals surface area contributed by atoms with E-state index < -0.39 is 44.4 Å². The lowest BCUT2D eigenvalue weighted by Gasteiger charge is -2.26. The quantitative estimate of drug-likeness (QED) is 0.711. The number of halogens is 5. The standard InChI is InChI=1S/C10H10BrClF3NO4S/c1-5(2)16(4-10(13,14)15)9(17)6-3-7(8(11)20-6)21(12,18)19/h3,5H,4H2,1-2H3. The zero-order valence-electron chi connectivity index (χ0n) is 10.7. The van der Waals surface area contributed by atoms with Gasteiger partial charge >= 0.3 is 6.18 Å². The first-order chi connectivity index (χ1) is 9.33. The molecule has 1 rings (SSSR count). The smallest absolute Gasteiger partial charge is 0.406 e. The summed E-state index contributed by atoms with van der Waals surface area (Å²) >= 11 is 2.75. The fourth-order valence-electron chi connectivity index (χ4n) is 1.45. The molecule has 0 bridgehead atoms. The molecule has 0 spiro atoms. The zero-order valence-corrected chi connectivity index (χ0v) is 13.9. The van der Waals surface area contributed by atoms with Crippen molar-refractivity contribution in [1.29, 1.82) is 0 Å². The molecule has 0 N–H and O–H groups in total. The fraction of sp³-hybridized carbons (Fsp3) is 0.500. The van der Waals surface area contributed by atoms with Gasteiger partial charge in [0.2, 0.25) is 0 Å². The van der Waals surface area contributed by atoms with Crippen LogP contribution in [0.5, 0.6) is 0 Å². The van der Waals surface area contributed by atoms with Crippen LogP contribution < -0.4 is 0 Å². The van der Waals surface area contributed by atoms with Crippen LogP contribution in [0.4, 0.5) is 13.2 Å². The lowest BCUT2D eigenvalue weighted by atomic mass is 10.2. The maximum absolute atomic E-state index is 12.5. The highest BCUT2D eigenvalue weighted by Gasteiger charge is 2.36. The molecule has 120 valence electrons. The van der Waals surface area contributed by atoms with Crippen LogP contribution in [0.2, 0.25) is 0 Å². The molecule has 1 aromatic rings. The van der Waals surface area contributed by atoms with E-state index in [2.05, 4.69) is 15.9 Å². The summed E-state index contributed by atoms with van der Waals surface area (Å²) in [5.74, 6) is -1.64. The topological polar surface area (TPSA) is 67.6 Å². The molecule has 1 aromatic heterocycles. The van der Waals surface area contributed by atoms with Crippen molar-refractivity contribution >= 4 is 41.6 Å². The first-order valence-corrected chi connectivity index (χ1v) is 8.55. The van der Waals surface area contributed by atoms with Crippen LogP contribution in [0.3, 0.4) is 0 Å². The number of alkyl halides is 3. The minimum Gasteiger partial charge on any atom is -0.443 e. The molecule has 0 saturated carbocycles. The molecule has 0 fully saturated rings. The first-order valence-electron chi connectivity index (χ1n) is 5.44. The lowest BCUT2D eigenvalue weighted by Crippen LogP contribution is -2.43. The van der Waals surface area contributed by atoms with Gasteiger partial charge in [-0.25, -0.2) is 8.42 Å². The van der Waals surface area contributed by atoms with E-state index in [1.54, 1.807) is 0 Å². The molecule has 0 unspecified atom stereocenters. The van der Waals surface area contributed by atoms with Crippen molar-refractivity contribution in [1.82, 2.24) is 4.90 Å². The zero-order chi connectivity index (χ0) is 16.6. The summed E-state index contributed by atoms with van der Waals surface area (Å²) in [6.45, 7) is 1.30. The first kappa shape index (κ1) is 18.3. The highest BCUT2D eigenvalue weighted by Crippen LogP contribution is 2.30. The van der Waals surface area contributed by atoms with Crippen LogP contribution >= 0.6 is 26.6 Å². The molecule has 5 nitrogen and oxygen atoms in total. The van der Waals surface area contributed by atoms with Gasteiger partial charge in [-0.2, -0.15) is 13.2 Å². The molecule has 0 aliphatic carbocycles. The molecule has 0 aliphatic heterocycles. The number of rotatable bonds is 4. The Bertz CT molecular complexity index is 641. The molecule has 0 aliphatic rings. The second-order valence-corrected chi connectivity index (χ2v) is 7.58. The number of carbonyl (C=O) groups excluding carboxylic acids is 1. The molecule has 1 heterocycles. The Morgan fingerprint density at radius 2 is 2.00 bits per heavy atom. The van der Waals surface area contributed by atoms with Crippen molar-refractivity contribution in [2.75, 3.05) is 6.54 Å². The van der Waals surface area contributed by atoms with Gasteiger partial charge in [-0.3, -0.25) is 4.79 Å². The van der Waals surface area contributed by atoms with Crippen LogP contribution in [0.15, 0.2) is 20.0 Å². The van der Waals surface area contributed by atoms with Crippen LogP contribution in [0.25, 0.3) is 0 Å². The van der Waals surface area contributed by atoms with Gasteiger partial charge in [-0.05, 0) is 29.8 Å². The summed E-state index contributed by atoms with van der Waals surface area (Å²) in [7, 11) is 0.919. The second-order valence-electron chi connectivity index (χ2n) is 4.33. The maximum Gasteiger partial charge on any atom is 0.406 e. The summed E-state index contributed by atoms with van der Waals surface area (Å²) < 4.78 is 64.3. The fourth-order valence-corrected chi connectivity index (χ4v) is 3.48. The summed E-state index contributed by atoms with van der Waals surface area (Å²) in [5.41, 5.74) is 0. The number of amides is 1. The predicted molar refractivity (Wildman–Crippen MR) is 71.7 cm³/mol. The van der Waals surface area contributed by atoms with E-state index >= 15 is 0 Å². The van der Waals surface area contributed by atoms with Gasteiger partial charge in [0.15, 0.2) is 10.4 Å². The minimum absolute atomic E-state index is 0.350. The molecular formula is C10H10BrClF3NO4S. The monoisotopic (exact) mass is 411 g/mol. The maximum atomic E-state index is 12.5. The Morgan fingerprint density at radius 3 is 2.33 bits per heavy atom. The molecule has 1 amide bonds. The van der Waals surface area contributed by atoms with Gasteiger partial charge in [0.25, 0.3) is 15.0 Å². The third-order valence-corrected chi connectivity index (χ3v) is 4.54. The predicted octanol–water partition coefficient (Wildman–Crippen LogP) is 3.38. The third-order valence-electron chi connectivity index (χ3n) is 2.36. The number of furan rings is 1. The molecule has 0 atom stereocenters. The summed E-state index contributed by atoms with van der Waals surface area (Å²) in [6.07, 6.45) is -4.59. The van der Waals surface area contributed by atoms with Gasteiger partial charge in [-0.1, -0.05) is 0 Å². The number of hydrogen-bond acceptors (Lipinski definition) is 4. The van der Waals surface area contributed by atoms with Crippen molar-refractivity contribution in [3.05, 3.63) is 16.5 Å². The lowest BCUT2D eigenvalue weighted by molar-refractivity contribution is -0.143. The molecule has 0 saturated heterocycles. The Labute approximate surface area is 131 Å². The largest absolute Gasteiger partial charge is 0.443 e. The highest BCUT2D eigenvalue weighted by molar-refractivity contribution is 9.10. The number of hydrogen-bond donors (Lipinski definition) is 0. The molecular weight excluding hydrogens is 403 g/mol. The minimum atomic E-state index is -4.59. The Hall–Kier alpha value is -0.740. The van der Waals surface area contributed by atoms with E-state index in [1.807, 2.05) is 0 Å². The van der Waals surface area contributed by atoms with Crippen LogP contribution in [-0.4, -0.2) is 38.0 Å². The Balaban J connectivity index is 3.17. The molecule has 0 aromatic carbocycles. The van der Waals surface area contributed by atoms with Crippen LogP contribution in [0, 0.1) is 0 Å². The number of carbonyl (C=O) groups is 1. The van der Waals surface area contributed by atoms with Gasteiger partial charge < -0.3 is 9.32 Å². The Kier molecular flexibility index (Phi) is 5.38. The van der Waals surface area contributed by atoms with Crippen molar-refractivity contribution < 1.29 is 30.8 Å². The van der Waals surface area contributed by atoms with Gasteiger partial charge in [-0.15, -0.1) is 0 Å². The van der Waals surface area contributed by atoms with Gasteiger partial charge in [0.05, 0.1) is 0 Å². The molecule has 0 radical (unpaired) electrons. The van der Waals surface area contributed by atoms with Crippen LogP contribution in [-0.2, 0) is 9.05 Å². The average molecular weight is 413 g/mol. The van der Waals surface area contributed by atoms with E-state index in [9.17, 15) is 26.4 Å². The molecule has 11 heteroatoms. The third kappa shape index (κ3) is 4.89. The normalized spacial score (nSPS) is 12.8. The second kappa shape index (κ2) is 6.17. The van der Waals surface area contributed by atoms with Crippen molar-refractivity contribution in [3.8, 4) is 0 Å². The van der Waals surface area contributed by atoms with Crippen molar-refractivity contribution in [2.45, 2.75) is 31.0 Å². The van der Waals surface area contributed by atoms with Crippen molar-refractivity contribution in [2.24, 2.45) is 0 Å². The van der Waals surface area contributed by atoms with E-state index in [1.165, 1.54) is 13.8 Å². The highest BCUT2D eigenvalue weighted by atomic mass is 79.9. The average Bonchev–Trinajstić information content (AvgIpc) is 2.65. The molecule has 21 heavy (non-hydrogen) atoms. The van der Waals surface area contributed by atoms with E-state index in [0.29, 0.717) is 4.90 Å². The summed E-state index contributed by atoms with van der Waals surface area (Å²) in [5, 5.41) is 0. The number of nitrogens with zero attached hydrogens (tertiary/aromatic N) is 1. The Morgan fingerprint density at radius 1 is 1.48 bits per heavy atom. The van der Waals surface area contributed by atoms with Crippen LogP contribution in [0.1, 0.15) is 24.4 Å². The van der Waals surface area contributed by atoms with Crippen molar-refractivity contribution in [3.63, 3.8) is 0 Å². The van der Waals surface area contributed by atoms with Gasteiger partial charge in [0, 0.05) is 22.8 Å². The van der Waals surface area contributed by atoms with E-state index in [4.69, 9.17) is 15.1 Å². The summed E-state index contributed by atoms with van der Waals surface area (Å²) in [6, 6.07) is 0.0135. The van der Waals surface area contributed by atoms with Gasteiger partial charge in [0.1, 0.15) is 11.4 Å². The SMILES string of the molecule is CC(C)N(CC(F)(F)F)C(=O)c1cc(S(=O)(=O)Cl)c(Br)o1. The van der Waals surface area contributed by atoms with E-state index in [0.717, 1.165) is 6.07 Å². The van der Waals surface area contributed by atoms with E-state index in [-0.39, 0.29) is 4.67 Å².